The molecule has 1 heterocycles. The summed E-state index contributed by atoms with van der Waals surface area (Å²) in [4.78, 5) is 24.6. The molecule has 0 saturated carbocycles. The number of para-hydroxylation sites is 1. The number of benzene rings is 2. The first kappa shape index (κ1) is 17.1. The Morgan fingerprint density at radius 2 is 1.80 bits per heavy atom. The Balaban J connectivity index is 1.82. The second kappa shape index (κ2) is 5.98. The van der Waals surface area contributed by atoms with E-state index >= 15 is 0 Å². The molecular formula is C17H16N2O5S. The van der Waals surface area contributed by atoms with Crippen molar-refractivity contribution in [3.05, 3.63) is 59.7 Å². The van der Waals surface area contributed by atoms with Crippen LogP contribution in [0.5, 0.6) is 0 Å². The number of amides is 1. The number of aliphatic hydroxyl groups is 1. The molecule has 0 bridgehead atoms. The predicted octanol–water partition coefficient (Wildman–Crippen LogP) is 1.47. The van der Waals surface area contributed by atoms with Gasteiger partial charge in [-0.1, -0.05) is 18.2 Å². The van der Waals surface area contributed by atoms with Crippen LogP contribution in [0.4, 0.5) is 11.4 Å². The molecule has 2 aromatic rings. The lowest BCUT2D eigenvalue weighted by Crippen LogP contribution is -2.36. The maximum atomic E-state index is 12.5. The minimum Gasteiger partial charge on any atom is -0.375 e. The van der Waals surface area contributed by atoms with Crippen LogP contribution in [0.15, 0.2) is 48.5 Å². The molecular weight excluding hydrogens is 344 g/mol. The van der Waals surface area contributed by atoms with Crippen LogP contribution in [-0.4, -0.2) is 31.5 Å². The lowest BCUT2D eigenvalue weighted by molar-refractivity contribution is -0.133. The van der Waals surface area contributed by atoms with Crippen LogP contribution < -0.4 is 10.0 Å². The summed E-state index contributed by atoms with van der Waals surface area (Å²) >= 11 is 0. The molecule has 0 aromatic heterocycles. The van der Waals surface area contributed by atoms with Gasteiger partial charge in [-0.05, 0) is 30.3 Å². The zero-order valence-electron chi connectivity index (χ0n) is 13.3. The van der Waals surface area contributed by atoms with Crippen molar-refractivity contribution in [3.8, 4) is 0 Å². The van der Waals surface area contributed by atoms with Crippen molar-refractivity contribution in [3.63, 3.8) is 0 Å². The maximum Gasteiger partial charge on any atom is 0.261 e. The number of ketones is 1. The van der Waals surface area contributed by atoms with Crippen LogP contribution in [0, 0.1) is 0 Å². The molecule has 0 fully saturated rings. The molecule has 1 aliphatic heterocycles. The molecule has 1 amide bonds. The normalized spacial score (nSPS) is 19.2. The molecule has 3 rings (SSSR count). The van der Waals surface area contributed by atoms with Gasteiger partial charge in [0, 0.05) is 22.5 Å². The van der Waals surface area contributed by atoms with Gasteiger partial charge in [0.1, 0.15) is 0 Å². The number of carbonyl (C=O) groups excluding carboxylic acids is 2. The first-order valence-electron chi connectivity index (χ1n) is 7.43. The lowest BCUT2D eigenvalue weighted by Gasteiger charge is -2.20. The SMILES string of the molecule is CS(=O)(=O)Nc1ccc(C(=O)CC2(O)C(=O)Nc3ccccc32)cc1. The van der Waals surface area contributed by atoms with E-state index in [0.717, 1.165) is 6.26 Å². The molecule has 0 spiro atoms. The largest absolute Gasteiger partial charge is 0.375 e. The van der Waals surface area contributed by atoms with Gasteiger partial charge >= 0.3 is 0 Å². The number of Topliss-reactive ketones (excluding diaryl/α,β-unsaturated/α-hetero) is 1. The van der Waals surface area contributed by atoms with Crippen LogP contribution in [0.2, 0.25) is 0 Å². The number of rotatable bonds is 5. The standard InChI is InChI=1S/C17H16N2O5S/c1-25(23,24)19-12-8-6-11(7-9-12)15(20)10-17(22)13-4-2-3-5-14(13)18-16(17)21/h2-9,19,22H,10H2,1H3,(H,18,21). The van der Waals surface area contributed by atoms with Gasteiger partial charge < -0.3 is 10.4 Å². The highest BCUT2D eigenvalue weighted by Crippen LogP contribution is 2.38. The zero-order valence-corrected chi connectivity index (χ0v) is 14.1. The van der Waals surface area contributed by atoms with E-state index in [-0.39, 0.29) is 5.56 Å². The molecule has 7 nitrogen and oxygen atoms in total. The summed E-state index contributed by atoms with van der Waals surface area (Å²) in [7, 11) is -3.41. The van der Waals surface area contributed by atoms with Crippen molar-refractivity contribution in [1.82, 2.24) is 0 Å². The lowest BCUT2D eigenvalue weighted by atomic mass is 9.88. The Hall–Kier alpha value is -2.71. The van der Waals surface area contributed by atoms with Crippen molar-refractivity contribution in [2.45, 2.75) is 12.0 Å². The summed E-state index contributed by atoms with van der Waals surface area (Å²) in [5.41, 5.74) is -0.484. The van der Waals surface area contributed by atoms with E-state index in [4.69, 9.17) is 0 Å². The Morgan fingerprint density at radius 3 is 2.44 bits per heavy atom. The fourth-order valence-corrected chi connectivity index (χ4v) is 3.31. The van der Waals surface area contributed by atoms with Gasteiger partial charge in [-0.2, -0.15) is 0 Å². The van der Waals surface area contributed by atoms with Gasteiger partial charge in [-0.3, -0.25) is 14.3 Å². The summed E-state index contributed by atoms with van der Waals surface area (Å²) in [6.45, 7) is 0. The third kappa shape index (κ3) is 3.40. The molecule has 1 unspecified atom stereocenters. The molecule has 1 aliphatic rings. The number of anilines is 2. The minimum atomic E-state index is -3.41. The van der Waals surface area contributed by atoms with Crippen molar-refractivity contribution < 1.29 is 23.1 Å². The molecule has 0 aliphatic carbocycles. The number of fused-ring (bicyclic) bond motifs is 1. The third-order valence-corrected chi connectivity index (χ3v) is 4.53. The highest BCUT2D eigenvalue weighted by Gasteiger charge is 2.46. The molecule has 0 radical (unpaired) electrons. The summed E-state index contributed by atoms with van der Waals surface area (Å²) in [5, 5.41) is 13.3. The van der Waals surface area contributed by atoms with Crippen LogP contribution in [0.3, 0.4) is 0 Å². The fraction of sp³-hybridized carbons (Fsp3) is 0.176. The van der Waals surface area contributed by atoms with Crippen LogP contribution >= 0.6 is 0 Å². The van der Waals surface area contributed by atoms with Crippen molar-refractivity contribution in [2.75, 3.05) is 16.3 Å². The van der Waals surface area contributed by atoms with Crippen molar-refractivity contribution in [1.29, 1.82) is 0 Å². The smallest absolute Gasteiger partial charge is 0.261 e. The third-order valence-electron chi connectivity index (χ3n) is 3.92. The molecule has 0 saturated heterocycles. The number of hydrogen-bond acceptors (Lipinski definition) is 5. The fourth-order valence-electron chi connectivity index (χ4n) is 2.75. The van der Waals surface area contributed by atoms with E-state index in [2.05, 4.69) is 10.0 Å². The summed E-state index contributed by atoms with van der Waals surface area (Å²) in [5.74, 6) is -1.07. The highest BCUT2D eigenvalue weighted by molar-refractivity contribution is 7.92. The molecule has 2 aromatic carbocycles. The first-order valence-corrected chi connectivity index (χ1v) is 9.32. The second-order valence-electron chi connectivity index (χ2n) is 5.91. The summed E-state index contributed by atoms with van der Waals surface area (Å²) in [6.07, 6.45) is 0.617. The molecule has 1 atom stereocenters. The number of hydrogen-bond donors (Lipinski definition) is 3. The van der Waals surface area contributed by atoms with E-state index in [9.17, 15) is 23.1 Å². The van der Waals surface area contributed by atoms with Gasteiger partial charge in [-0.15, -0.1) is 0 Å². The molecule has 130 valence electrons. The Morgan fingerprint density at radius 1 is 1.16 bits per heavy atom. The van der Waals surface area contributed by atoms with Crippen molar-refractivity contribution in [2.24, 2.45) is 0 Å². The average molecular weight is 360 g/mol. The van der Waals surface area contributed by atoms with Crippen molar-refractivity contribution >= 4 is 33.1 Å². The van der Waals surface area contributed by atoms with Gasteiger partial charge in [0.05, 0.1) is 12.7 Å². The Bertz CT molecular complexity index is 953. The van der Waals surface area contributed by atoms with Gasteiger partial charge in [0.2, 0.25) is 10.0 Å². The topological polar surface area (TPSA) is 113 Å². The van der Waals surface area contributed by atoms with E-state index in [0.29, 0.717) is 16.9 Å². The monoisotopic (exact) mass is 360 g/mol. The van der Waals surface area contributed by atoms with E-state index < -0.39 is 33.7 Å². The van der Waals surface area contributed by atoms with Crippen LogP contribution in [-0.2, 0) is 20.4 Å². The number of sulfonamides is 1. The van der Waals surface area contributed by atoms with E-state index in [1.54, 1.807) is 24.3 Å². The second-order valence-corrected chi connectivity index (χ2v) is 7.66. The molecule has 25 heavy (non-hydrogen) atoms. The van der Waals surface area contributed by atoms with E-state index in [1.165, 1.54) is 24.3 Å². The number of carbonyl (C=O) groups is 2. The zero-order chi connectivity index (χ0) is 18.2. The van der Waals surface area contributed by atoms with Gasteiger partial charge in [0.25, 0.3) is 5.91 Å². The number of nitrogens with one attached hydrogen (secondary N) is 2. The Kier molecular flexibility index (Phi) is 4.09. The van der Waals surface area contributed by atoms with Gasteiger partial charge in [0.15, 0.2) is 11.4 Å². The molecule has 3 N–H and O–H groups in total. The van der Waals surface area contributed by atoms with Crippen LogP contribution in [0.25, 0.3) is 0 Å². The maximum absolute atomic E-state index is 12.5. The minimum absolute atomic E-state index is 0.268. The average Bonchev–Trinajstić information content (AvgIpc) is 2.78. The quantitative estimate of drug-likeness (QED) is 0.699. The predicted molar refractivity (Wildman–Crippen MR) is 92.8 cm³/mol. The van der Waals surface area contributed by atoms with E-state index in [1.807, 2.05) is 0 Å². The highest BCUT2D eigenvalue weighted by atomic mass is 32.2. The molecule has 8 heteroatoms. The summed E-state index contributed by atoms with van der Waals surface area (Å²) < 4.78 is 24.7. The summed E-state index contributed by atoms with van der Waals surface area (Å²) in [6, 6.07) is 12.4. The van der Waals surface area contributed by atoms with Crippen LogP contribution in [0.1, 0.15) is 22.3 Å². The first-order chi connectivity index (χ1) is 11.7. The Labute approximate surface area is 144 Å². The van der Waals surface area contributed by atoms with Gasteiger partial charge in [-0.25, -0.2) is 8.42 Å².